The summed E-state index contributed by atoms with van der Waals surface area (Å²) >= 11 is 1.92. The second-order valence-electron chi connectivity index (χ2n) is 7.22. The van der Waals surface area contributed by atoms with Crippen LogP contribution in [0.2, 0.25) is 0 Å². The maximum atomic E-state index is 2.80. The summed E-state index contributed by atoms with van der Waals surface area (Å²) in [6.07, 6.45) is 5.46. The fraction of sp³-hybridized carbons (Fsp3) is 0.474. The Morgan fingerprint density at radius 3 is 2.52 bits per heavy atom. The van der Waals surface area contributed by atoms with Crippen LogP contribution in [0.3, 0.4) is 0 Å². The minimum Gasteiger partial charge on any atom is -0.358 e. The number of rotatable bonds is 1. The molecule has 4 heterocycles. The van der Waals surface area contributed by atoms with Crippen molar-refractivity contribution in [2.75, 3.05) is 4.90 Å². The maximum Gasteiger partial charge on any atom is 0.0668 e. The summed E-state index contributed by atoms with van der Waals surface area (Å²) in [5.74, 6) is 0. The molecule has 0 unspecified atom stereocenters. The van der Waals surface area contributed by atoms with Gasteiger partial charge in [0.1, 0.15) is 0 Å². The van der Waals surface area contributed by atoms with Gasteiger partial charge in [0.2, 0.25) is 0 Å². The van der Waals surface area contributed by atoms with Gasteiger partial charge in [-0.25, -0.2) is 0 Å². The van der Waals surface area contributed by atoms with Crippen molar-refractivity contribution in [1.82, 2.24) is 0 Å². The molecule has 0 amide bonds. The van der Waals surface area contributed by atoms with Gasteiger partial charge in [0.05, 0.1) is 5.54 Å². The average Bonchev–Trinajstić information content (AvgIpc) is 3.02. The van der Waals surface area contributed by atoms with Gasteiger partial charge in [0.15, 0.2) is 0 Å². The van der Waals surface area contributed by atoms with Crippen LogP contribution < -0.4 is 4.90 Å². The Balaban J connectivity index is 1.80. The predicted octanol–water partition coefficient (Wildman–Crippen LogP) is 4.99. The first-order valence-electron chi connectivity index (χ1n) is 8.11. The molecule has 1 saturated carbocycles. The lowest BCUT2D eigenvalue weighted by atomic mass is 9.48. The Labute approximate surface area is 130 Å². The van der Waals surface area contributed by atoms with E-state index in [1.807, 2.05) is 11.3 Å². The Kier molecular flexibility index (Phi) is 2.18. The molecule has 8 rings (SSSR count). The van der Waals surface area contributed by atoms with Crippen LogP contribution in [-0.4, -0.2) is 6.04 Å². The van der Waals surface area contributed by atoms with E-state index in [-0.39, 0.29) is 5.54 Å². The van der Waals surface area contributed by atoms with Gasteiger partial charge in [-0.15, -0.1) is 0 Å². The number of anilines is 1. The third-order valence-electron chi connectivity index (χ3n) is 6.69. The van der Waals surface area contributed by atoms with Crippen LogP contribution in [0, 0.1) is 6.92 Å². The van der Waals surface area contributed by atoms with Gasteiger partial charge < -0.3 is 4.90 Å². The second-order valence-corrected chi connectivity index (χ2v) is 7.96. The first kappa shape index (κ1) is 12.3. The van der Waals surface area contributed by atoms with Crippen molar-refractivity contribution in [2.24, 2.45) is 0 Å². The standard InChI is InChI=1S/C19H21NS/c1-13-5-3-4-6-17(13)20-14(2)18-7-9-19(20,10-8-18)16-12-21-11-15(16)18/h3-6,11-12,14H,7-10H2,1-2H3/t14-,18?,19?/m0/s1. The molecular formula is C19H21NS. The molecule has 3 aliphatic heterocycles. The van der Waals surface area contributed by atoms with E-state index in [0.717, 1.165) is 0 Å². The van der Waals surface area contributed by atoms with Gasteiger partial charge >= 0.3 is 0 Å². The molecule has 2 heteroatoms. The van der Waals surface area contributed by atoms with Gasteiger partial charge in [0, 0.05) is 17.1 Å². The van der Waals surface area contributed by atoms with E-state index in [9.17, 15) is 0 Å². The molecule has 1 atom stereocenters. The van der Waals surface area contributed by atoms with E-state index in [1.165, 1.54) is 36.9 Å². The summed E-state index contributed by atoms with van der Waals surface area (Å²) < 4.78 is 0. The normalized spacial score (nSPS) is 36.1. The van der Waals surface area contributed by atoms with Crippen molar-refractivity contribution < 1.29 is 0 Å². The van der Waals surface area contributed by atoms with E-state index in [0.29, 0.717) is 11.5 Å². The summed E-state index contributed by atoms with van der Waals surface area (Å²) in [5.41, 5.74) is 6.93. The smallest absolute Gasteiger partial charge is 0.0668 e. The van der Waals surface area contributed by atoms with Gasteiger partial charge in [-0.2, -0.15) is 11.3 Å². The quantitative estimate of drug-likeness (QED) is 0.716. The first-order valence-corrected chi connectivity index (χ1v) is 9.05. The third kappa shape index (κ3) is 1.21. The lowest BCUT2D eigenvalue weighted by molar-refractivity contribution is 0.0565. The lowest BCUT2D eigenvalue weighted by Crippen LogP contribution is -2.71. The molecule has 2 aromatic rings. The fourth-order valence-electron chi connectivity index (χ4n) is 5.60. The molecule has 108 valence electrons. The molecule has 1 nitrogen and oxygen atoms in total. The number of thiophene rings is 1. The lowest BCUT2D eigenvalue weighted by Gasteiger charge is -2.69. The highest BCUT2D eigenvalue weighted by Crippen LogP contribution is 2.67. The highest BCUT2D eigenvalue weighted by Gasteiger charge is 2.65. The number of hydrogen-bond acceptors (Lipinski definition) is 2. The van der Waals surface area contributed by atoms with E-state index < -0.39 is 0 Å². The SMILES string of the molecule is Cc1ccccc1N1[C@@H](C)C23CCC1(CC2)c1cscc13. The summed E-state index contributed by atoms with van der Waals surface area (Å²) in [4.78, 5) is 2.80. The minimum atomic E-state index is 0.279. The summed E-state index contributed by atoms with van der Waals surface area (Å²) in [5, 5.41) is 4.90. The molecule has 2 bridgehead atoms. The van der Waals surface area contributed by atoms with Crippen LogP contribution in [0.5, 0.6) is 0 Å². The topological polar surface area (TPSA) is 3.24 Å². The molecule has 2 saturated heterocycles. The third-order valence-corrected chi connectivity index (χ3v) is 7.44. The van der Waals surface area contributed by atoms with Gasteiger partial charge in [-0.05, 0) is 73.0 Å². The van der Waals surface area contributed by atoms with Crippen LogP contribution in [-0.2, 0) is 11.0 Å². The number of aryl methyl sites for hydroxylation is 1. The van der Waals surface area contributed by atoms with E-state index in [1.54, 1.807) is 11.1 Å². The summed E-state index contributed by atoms with van der Waals surface area (Å²) in [6, 6.07) is 9.59. The van der Waals surface area contributed by atoms with Crippen LogP contribution >= 0.6 is 11.3 Å². The molecule has 0 spiro atoms. The molecule has 3 aliphatic carbocycles. The predicted molar refractivity (Wildman–Crippen MR) is 89.3 cm³/mol. The van der Waals surface area contributed by atoms with Crippen molar-refractivity contribution in [3.05, 3.63) is 51.7 Å². The van der Waals surface area contributed by atoms with Gasteiger partial charge in [0.25, 0.3) is 0 Å². The second kappa shape index (κ2) is 3.73. The fourth-order valence-corrected chi connectivity index (χ4v) is 6.64. The molecule has 1 aromatic carbocycles. The summed E-state index contributed by atoms with van der Waals surface area (Å²) in [7, 11) is 0. The minimum absolute atomic E-state index is 0.279. The summed E-state index contributed by atoms with van der Waals surface area (Å²) in [6.45, 7) is 4.74. The highest BCUT2D eigenvalue weighted by molar-refractivity contribution is 7.08. The van der Waals surface area contributed by atoms with E-state index >= 15 is 0 Å². The maximum absolute atomic E-state index is 2.80. The Hall–Kier alpha value is -1.28. The van der Waals surface area contributed by atoms with Crippen LogP contribution in [0.25, 0.3) is 0 Å². The van der Waals surface area contributed by atoms with Crippen LogP contribution in [0.1, 0.15) is 49.3 Å². The van der Waals surface area contributed by atoms with Gasteiger partial charge in [-0.3, -0.25) is 0 Å². The van der Waals surface area contributed by atoms with Crippen molar-refractivity contribution in [3.8, 4) is 0 Å². The molecular weight excluding hydrogens is 274 g/mol. The molecule has 21 heavy (non-hydrogen) atoms. The molecule has 0 N–H and O–H groups in total. The zero-order valence-corrected chi connectivity index (χ0v) is 13.5. The Bertz CT molecular complexity index is 721. The van der Waals surface area contributed by atoms with Crippen molar-refractivity contribution in [1.29, 1.82) is 0 Å². The monoisotopic (exact) mass is 295 g/mol. The zero-order chi connectivity index (χ0) is 14.2. The average molecular weight is 295 g/mol. The molecule has 3 fully saturated rings. The van der Waals surface area contributed by atoms with Crippen LogP contribution in [0.4, 0.5) is 5.69 Å². The largest absolute Gasteiger partial charge is 0.358 e. The number of benzene rings is 1. The van der Waals surface area contributed by atoms with Crippen molar-refractivity contribution in [3.63, 3.8) is 0 Å². The number of nitrogens with zero attached hydrogens (tertiary/aromatic N) is 1. The van der Waals surface area contributed by atoms with Gasteiger partial charge in [-0.1, -0.05) is 18.2 Å². The number of para-hydroxylation sites is 1. The van der Waals surface area contributed by atoms with Crippen molar-refractivity contribution in [2.45, 2.75) is 56.5 Å². The number of piperidine rings is 2. The van der Waals surface area contributed by atoms with Crippen molar-refractivity contribution >= 4 is 17.0 Å². The first-order chi connectivity index (χ1) is 10.2. The molecule has 6 aliphatic rings. The molecule has 0 radical (unpaired) electrons. The van der Waals surface area contributed by atoms with Crippen LogP contribution in [0.15, 0.2) is 35.0 Å². The highest BCUT2D eigenvalue weighted by atomic mass is 32.1. The van der Waals surface area contributed by atoms with E-state index in [2.05, 4.69) is 53.8 Å². The Morgan fingerprint density at radius 2 is 1.76 bits per heavy atom. The zero-order valence-electron chi connectivity index (χ0n) is 12.7. The molecule has 1 aromatic heterocycles. The Morgan fingerprint density at radius 1 is 1.05 bits per heavy atom. The number of hydrogen-bond donors (Lipinski definition) is 0. The van der Waals surface area contributed by atoms with E-state index in [4.69, 9.17) is 0 Å².